The summed E-state index contributed by atoms with van der Waals surface area (Å²) < 4.78 is 2.04. The van der Waals surface area contributed by atoms with Crippen LogP contribution in [0, 0.1) is 5.92 Å². The Balaban J connectivity index is 1.39. The molecular weight excluding hydrogens is 290 g/mol. The number of nitrogens with one attached hydrogen (secondary N) is 1. The van der Waals surface area contributed by atoms with Crippen LogP contribution in [0.15, 0.2) is 18.3 Å². The SMILES string of the molecule is Cn1cccc1CCC(=O)NC[C@@H]1CC(=O)N(C2CCCC2)C1. The molecule has 23 heavy (non-hydrogen) atoms. The molecular formula is C18H27N3O2. The molecule has 1 atom stereocenters. The number of aromatic nitrogens is 1. The first-order valence-electron chi connectivity index (χ1n) is 8.80. The zero-order valence-corrected chi connectivity index (χ0v) is 14.0. The largest absolute Gasteiger partial charge is 0.356 e. The predicted octanol–water partition coefficient (Wildman–Crippen LogP) is 1.86. The van der Waals surface area contributed by atoms with Crippen LogP contribution in [0.3, 0.4) is 0 Å². The number of amides is 2. The third-order valence-corrected chi connectivity index (χ3v) is 5.25. The van der Waals surface area contributed by atoms with E-state index in [-0.39, 0.29) is 17.7 Å². The lowest BCUT2D eigenvalue weighted by Crippen LogP contribution is -2.36. The first-order chi connectivity index (χ1) is 11.1. The van der Waals surface area contributed by atoms with Gasteiger partial charge >= 0.3 is 0 Å². The lowest BCUT2D eigenvalue weighted by atomic mass is 10.1. The lowest BCUT2D eigenvalue weighted by molar-refractivity contribution is -0.129. The molecule has 2 heterocycles. The van der Waals surface area contributed by atoms with Crippen molar-refractivity contribution in [2.45, 2.75) is 51.0 Å². The lowest BCUT2D eigenvalue weighted by Gasteiger charge is -2.24. The minimum atomic E-state index is 0.0814. The van der Waals surface area contributed by atoms with Gasteiger partial charge in [-0.1, -0.05) is 12.8 Å². The van der Waals surface area contributed by atoms with Crippen molar-refractivity contribution >= 4 is 11.8 Å². The third-order valence-electron chi connectivity index (χ3n) is 5.25. The van der Waals surface area contributed by atoms with Crippen molar-refractivity contribution in [2.75, 3.05) is 13.1 Å². The Labute approximate surface area is 138 Å². The number of likely N-dealkylation sites (tertiary alicyclic amines) is 1. The molecule has 5 nitrogen and oxygen atoms in total. The molecule has 2 fully saturated rings. The average Bonchev–Trinajstić information content (AvgIpc) is 3.24. The van der Waals surface area contributed by atoms with Gasteiger partial charge in [-0.05, 0) is 31.4 Å². The molecule has 0 spiro atoms. The molecule has 0 unspecified atom stereocenters. The molecule has 1 aromatic heterocycles. The molecule has 1 saturated carbocycles. The van der Waals surface area contributed by atoms with Crippen LogP contribution in [-0.2, 0) is 23.1 Å². The minimum Gasteiger partial charge on any atom is -0.356 e. The van der Waals surface area contributed by atoms with Crippen molar-refractivity contribution in [3.05, 3.63) is 24.0 Å². The first kappa shape index (κ1) is 16.1. The second-order valence-electron chi connectivity index (χ2n) is 6.97. The van der Waals surface area contributed by atoms with Crippen LogP contribution < -0.4 is 5.32 Å². The fraction of sp³-hybridized carbons (Fsp3) is 0.667. The summed E-state index contributed by atoms with van der Waals surface area (Å²) in [6.45, 7) is 1.45. The van der Waals surface area contributed by atoms with Crippen molar-refractivity contribution in [2.24, 2.45) is 13.0 Å². The van der Waals surface area contributed by atoms with Crippen molar-refractivity contribution < 1.29 is 9.59 Å². The van der Waals surface area contributed by atoms with Gasteiger partial charge in [-0.2, -0.15) is 0 Å². The molecule has 1 aliphatic carbocycles. The quantitative estimate of drug-likeness (QED) is 0.871. The van der Waals surface area contributed by atoms with Crippen LogP contribution in [0.2, 0.25) is 0 Å². The first-order valence-corrected chi connectivity index (χ1v) is 8.80. The highest BCUT2D eigenvalue weighted by Gasteiger charge is 2.35. The summed E-state index contributed by atoms with van der Waals surface area (Å²) >= 11 is 0. The van der Waals surface area contributed by atoms with Gasteiger partial charge in [-0.15, -0.1) is 0 Å². The van der Waals surface area contributed by atoms with Gasteiger partial charge in [0, 0.05) is 56.8 Å². The summed E-state index contributed by atoms with van der Waals surface area (Å²) in [5.74, 6) is 0.639. The van der Waals surface area contributed by atoms with Gasteiger partial charge in [-0.25, -0.2) is 0 Å². The molecule has 5 heteroatoms. The molecule has 1 saturated heterocycles. The van der Waals surface area contributed by atoms with E-state index >= 15 is 0 Å². The van der Waals surface area contributed by atoms with Crippen molar-refractivity contribution in [1.29, 1.82) is 0 Å². The second-order valence-corrected chi connectivity index (χ2v) is 6.97. The summed E-state index contributed by atoms with van der Waals surface area (Å²) in [6, 6.07) is 4.50. The Kier molecular flexibility index (Phi) is 5.03. The maximum Gasteiger partial charge on any atom is 0.223 e. The highest BCUT2D eigenvalue weighted by molar-refractivity contribution is 5.79. The van der Waals surface area contributed by atoms with Crippen molar-refractivity contribution in [3.8, 4) is 0 Å². The molecule has 126 valence electrons. The van der Waals surface area contributed by atoms with Crippen LogP contribution in [0.1, 0.15) is 44.2 Å². The van der Waals surface area contributed by atoms with Crippen molar-refractivity contribution in [3.63, 3.8) is 0 Å². The fourth-order valence-electron chi connectivity index (χ4n) is 3.86. The molecule has 1 aliphatic heterocycles. The van der Waals surface area contributed by atoms with E-state index in [1.54, 1.807) is 0 Å². The van der Waals surface area contributed by atoms with Gasteiger partial charge in [-0.3, -0.25) is 9.59 Å². The Morgan fingerprint density at radius 3 is 2.83 bits per heavy atom. The molecule has 2 amide bonds. The Morgan fingerprint density at radius 1 is 1.35 bits per heavy atom. The highest BCUT2D eigenvalue weighted by Crippen LogP contribution is 2.29. The molecule has 3 rings (SSSR count). The number of hydrogen-bond acceptors (Lipinski definition) is 2. The predicted molar refractivity (Wildman–Crippen MR) is 88.8 cm³/mol. The molecule has 0 bridgehead atoms. The van der Waals surface area contributed by atoms with E-state index in [0.29, 0.717) is 25.4 Å². The van der Waals surface area contributed by atoms with E-state index < -0.39 is 0 Å². The maximum atomic E-state index is 12.1. The van der Waals surface area contributed by atoms with E-state index in [1.807, 2.05) is 29.9 Å². The molecule has 0 radical (unpaired) electrons. The second kappa shape index (κ2) is 7.20. The Morgan fingerprint density at radius 2 is 2.13 bits per heavy atom. The van der Waals surface area contributed by atoms with Gasteiger partial charge in [0.25, 0.3) is 0 Å². The van der Waals surface area contributed by atoms with Crippen LogP contribution in [0.5, 0.6) is 0 Å². The van der Waals surface area contributed by atoms with Crippen LogP contribution in [-0.4, -0.2) is 40.4 Å². The van der Waals surface area contributed by atoms with Crippen LogP contribution >= 0.6 is 0 Å². The fourth-order valence-corrected chi connectivity index (χ4v) is 3.86. The monoisotopic (exact) mass is 317 g/mol. The smallest absolute Gasteiger partial charge is 0.223 e. The van der Waals surface area contributed by atoms with E-state index in [9.17, 15) is 9.59 Å². The summed E-state index contributed by atoms with van der Waals surface area (Å²) in [4.78, 5) is 26.2. The summed E-state index contributed by atoms with van der Waals surface area (Å²) in [5, 5.41) is 3.01. The highest BCUT2D eigenvalue weighted by atomic mass is 16.2. The number of rotatable bonds is 6. The Bertz CT molecular complexity index is 560. The zero-order chi connectivity index (χ0) is 16.2. The van der Waals surface area contributed by atoms with E-state index in [1.165, 1.54) is 18.5 Å². The number of carbonyl (C=O) groups is 2. The van der Waals surface area contributed by atoms with Gasteiger partial charge in [0.15, 0.2) is 0 Å². The summed E-state index contributed by atoms with van der Waals surface area (Å²) in [7, 11) is 2.00. The summed E-state index contributed by atoms with van der Waals surface area (Å²) in [6.07, 6.45) is 8.65. The molecule has 1 N–H and O–H groups in total. The third kappa shape index (κ3) is 3.95. The van der Waals surface area contributed by atoms with Gasteiger partial charge < -0.3 is 14.8 Å². The standard InChI is InChI=1S/C18H27N3O2/c1-20-10-4-7-15(20)8-9-17(22)19-12-14-11-18(23)21(13-14)16-5-2-3-6-16/h4,7,10,14,16H,2-3,5-6,8-9,11-13H2,1H3,(H,19,22)/t14-/m0/s1. The van der Waals surface area contributed by atoms with Crippen molar-refractivity contribution in [1.82, 2.24) is 14.8 Å². The number of hydrogen-bond donors (Lipinski definition) is 1. The molecule has 1 aromatic rings. The molecule has 0 aromatic carbocycles. The van der Waals surface area contributed by atoms with Crippen LogP contribution in [0.25, 0.3) is 0 Å². The topological polar surface area (TPSA) is 54.3 Å². The number of carbonyl (C=O) groups excluding carboxylic acids is 2. The van der Waals surface area contributed by atoms with Gasteiger partial charge in [0.05, 0.1) is 0 Å². The Hall–Kier alpha value is -1.78. The van der Waals surface area contributed by atoms with E-state index in [0.717, 1.165) is 25.8 Å². The van der Waals surface area contributed by atoms with Gasteiger partial charge in [0.1, 0.15) is 0 Å². The van der Waals surface area contributed by atoms with Crippen LogP contribution in [0.4, 0.5) is 0 Å². The normalized spacial score (nSPS) is 22.0. The zero-order valence-electron chi connectivity index (χ0n) is 14.0. The minimum absolute atomic E-state index is 0.0814. The number of aryl methyl sites for hydroxylation is 2. The van der Waals surface area contributed by atoms with Gasteiger partial charge in [0.2, 0.25) is 11.8 Å². The number of nitrogens with zero attached hydrogens (tertiary/aromatic N) is 2. The summed E-state index contributed by atoms with van der Waals surface area (Å²) in [5.41, 5.74) is 1.17. The van der Waals surface area contributed by atoms with E-state index in [2.05, 4.69) is 10.2 Å². The average molecular weight is 317 g/mol. The maximum absolute atomic E-state index is 12.1. The molecule has 2 aliphatic rings. The van der Waals surface area contributed by atoms with E-state index in [4.69, 9.17) is 0 Å².